The topological polar surface area (TPSA) is 176 Å². The molecule has 1 aliphatic heterocycles. The number of benzene rings is 1. The molecule has 0 bridgehead atoms. The third-order valence-corrected chi connectivity index (χ3v) is 8.88. The summed E-state index contributed by atoms with van der Waals surface area (Å²) in [6.07, 6.45) is -3.51. The number of ether oxygens (including phenoxy) is 4. The van der Waals surface area contributed by atoms with Crippen LogP contribution >= 0.6 is 44.2 Å². The van der Waals surface area contributed by atoms with Gasteiger partial charge in [0.15, 0.2) is 35.4 Å². The highest BCUT2D eigenvalue weighted by molar-refractivity contribution is 14.1. The Balaban J connectivity index is 1.42. The Kier molecular flexibility index (Phi) is 11.9. The largest absolute Gasteiger partial charge is 0.508 e. The zero-order chi connectivity index (χ0) is 30.1. The number of amides is 1. The Morgan fingerprint density at radius 1 is 1.14 bits per heavy atom. The number of fused-ring (bicyclic) bond motifs is 1. The lowest BCUT2D eigenvalue weighted by Gasteiger charge is -2.21. The van der Waals surface area contributed by atoms with Crippen molar-refractivity contribution in [3.63, 3.8) is 0 Å². The average molecular weight is 733 g/mol. The fraction of sp³-hybridized carbons (Fsp3) is 0.440. The number of nitrogens with zero attached hydrogens (tertiary/aromatic N) is 4. The van der Waals surface area contributed by atoms with E-state index < -0.39 is 36.6 Å². The quantitative estimate of drug-likeness (QED) is 0.101. The highest BCUT2D eigenvalue weighted by Crippen LogP contribution is 2.35. The van der Waals surface area contributed by atoms with Gasteiger partial charge >= 0.3 is 12.1 Å². The molecule has 1 fully saturated rings. The first-order valence-corrected chi connectivity index (χ1v) is 16.3. The van der Waals surface area contributed by atoms with Crippen LogP contribution in [0.1, 0.15) is 18.7 Å². The number of rotatable bonds is 13. The van der Waals surface area contributed by atoms with Crippen LogP contribution in [0.25, 0.3) is 11.2 Å². The van der Waals surface area contributed by atoms with E-state index in [9.17, 15) is 19.5 Å². The van der Waals surface area contributed by atoms with E-state index in [0.717, 1.165) is 9.13 Å². The molecular weight excluding hydrogens is 703 g/mol. The molecule has 1 aromatic carbocycles. The van der Waals surface area contributed by atoms with Crippen molar-refractivity contribution in [3.8, 4) is 0 Å². The highest BCUT2D eigenvalue weighted by atomic mass is 127. The second-order valence-electron chi connectivity index (χ2n) is 8.75. The van der Waals surface area contributed by atoms with Crippen LogP contribution in [0, 0.1) is 3.57 Å². The lowest BCUT2D eigenvalue weighted by molar-refractivity contribution is -0.140. The van der Waals surface area contributed by atoms with Gasteiger partial charge in [0.2, 0.25) is 0 Å². The molecule has 2 aromatic heterocycles. The average Bonchev–Trinajstić information content (AvgIpc) is 3.54. The Bertz CT molecular complexity index is 1400. The zero-order valence-corrected chi connectivity index (χ0v) is 26.4. The van der Waals surface area contributed by atoms with Crippen LogP contribution in [-0.2, 0) is 35.1 Å². The third kappa shape index (κ3) is 8.36. The van der Waals surface area contributed by atoms with Crippen molar-refractivity contribution < 1.29 is 38.4 Å². The fourth-order valence-corrected chi connectivity index (χ4v) is 6.26. The van der Waals surface area contributed by atoms with Crippen molar-refractivity contribution in [1.82, 2.24) is 24.8 Å². The van der Waals surface area contributed by atoms with E-state index in [1.165, 1.54) is 52.8 Å². The van der Waals surface area contributed by atoms with E-state index in [4.69, 9.17) is 18.9 Å². The Morgan fingerprint density at radius 3 is 2.62 bits per heavy atom. The van der Waals surface area contributed by atoms with Gasteiger partial charge in [-0.2, -0.15) is 0 Å². The minimum Gasteiger partial charge on any atom is -0.465 e. The number of carbonyl (C=O) groups is 3. The van der Waals surface area contributed by atoms with Crippen molar-refractivity contribution in [2.24, 2.45) is 0 Å². The highest BCUT2D eigenvalue weighted by Gasteiger charge is 2.51. The standard InChI is InChI=1S/C25H29IN6O8S2/c1-14(33)37-6-8-41-42-9-7-38-25(36)40-20-18(34)19(23(35)27-2)39-24(20)32-13-31-17-21(29-12-30-22(17)32)28-11-15-4-3-5-16(26)10-15/h3-5,10,12-13,18-20,24,34H,6-9,11H2,1-2H3,(H,27,35)(H,28,29,30)/t18-,19+,20-,24-/m1/s1. The van der Waals surface area contributed by atoms with Crippen molar-refractivity contribution in [1.29, 1.82) is 0 Å². The first-order chi connectivity index (χ1) is 20.3. The number of carbonyl (C=O) groups excluding carboxylic acids is 3. The molecule has 0 spiro atoms. The smallest absolute Gasteiger partial charge is 0.465 e. The second-order valence-corrected chi connectivity index (χ2v) is 12.7. The van der Waals surface area contributed by atoms with E-state index in [-0.39, 0.29) is 12.6 Å². The van der Waals surface area contributed by atoms with Gasteiger partial charge in [0.1, 0.15) is 25.6 Å². The zero-order valence-electron chi connectivity index (χ0n) is 22.6. The van der Waals surface area contributed by atoms with Gasteiger partial charge in [-0.15, -0.1) is 0 Å². The van der Waals surface area contributed by atoms with Crippen LogP contribution in [0.5, 0.6) is 0 Å². The summed E-state index contributed by atoms with van der Waals surface area (Å²) in [5.74, 6) is 0.586. The fourth-order valence-electron chi connectivity index (χ4n) is 4.00. The number of nitrogens with one attached hydrogen (secondary N) is 2. The molecule has 42 heavy (non-hydrogen) atoms. The van der Waals surface area contributed by atoms with Gasteiger partial charge in [0.25, 0.3) is 5.91 Å². The number of aliphatic hydroxyl groups is 1. The maximum atomic E-state index is 12.5. The predicted molar refractivity (Wildman–Crippen MR) is 164 cm³/mol. The maximum absolute atomic E-state index is 12.5. The lowest BCUT2D eigenvalue weighted by atomic mass is 10.1. The second kappa shape index (κ2) is 15.6. The molecule has 4 atom stereocenters. The molecule has 3 heterocycles. The third-order valence-electron chi connectivity index (χ3n) is 5.87. The van der Waals surface area contributed by atoms with Gasteiger partial charge in [-0.1, -0.05) is 33.7 Å². The Morgan fingerprint density at radius 2 is 1.90 bits per heavy atom. The van der Waals surface area contributed by atoms with Crippen LogP contribution < -0.4 is 10.6 Å². The number of aromatic nitrogens is 4. The minimum absolute atomic E-state index is 0.0357. The number of esters is 1. The number of likely N-dealkylation sites (N-methyl/N-ethyl adjacent to an activating group) is 1. The van der Waals surface area contributed by atoms with E-state index in [1.807, 2.05) is 24.3 Å². The molecule has 0 unspecified atom stereocenters. The van der Waals surface area contributed by atoms with Crippen LogP contribution in [0.2, 0.25) is 0 Å². The number of hydrogen-bond donors (Lipinski definition) is 3. The predicted octanol–water partition coefficient (Wildman–Crippen LogP) is 2.51. The molecule has 1 aliphatic rings. The van der Waals surface area contributed by atoms with Crippen LogP contribution in [-0.4, -0.2) is 92.7 Å². The van der Waals surface area contributed by atoms with Crippen molar-refractivity contribution in [3.05, 3.63) is 46.1 Å². The minimum atomic E-state index is -1.49. The summed E-state index contributed by atoms with van der Waals surface area (Å²) >= 11 is 2.24. The van der Waals surface area contributed by atoms with Crippen LogP contribution in [0.4, 0.5) is 10.6 Å². The molecule has 3 N–H and O–H groups in total. The summed E-state index contributed by atoms with van der Waals surface area (Å²) in [5, 5.41) is 16.6. The monoisotopic (exact) mass is 732 g/mol. The van der Waals surface area contributed by atoms with Crippen LogP contribution in [0.3, 0.4) is 0 Å². The van der Waals surface area contributed by atoms with E-state index in [0.29, 0.717) is 41.6 Å². The van der Waals surface area contributed by atoms with E-state index in [2.05, 4.69) is 48.2 Å². The molecule has 1 amide bonds. The summed E-state index contributed by atoms with van der Waals surface area (Å²) in [6.45, 7) is 2.17. The first kappa shape index (κ1) is 32.1. The van der Waals surface area contributed by atoms with Crippen molar-refractivity contribution in [2.75, 3.05) is 37.1 Å². The van der Waals surface area contributed by atoms with E-state index in [1.54, 1.807) is 0 Å². The molecule has 0 aliphatic carbocycles. The van der Waals surface area contributed by atoms with Gasteiger partial charge in [0.05, 0.1) is 6.33 Å². The Labute approximate surface area is 262 Å². The van der Waals surface area contributed by atoms with Gasteiger partial charge in [0, 0.05) is 35.6 Å². The molecule has 4 rings (SSSR count). The van der Waals surface area contributed by atoms with Gasteiger partial charge in [-0.05, 0) is 40.3 Å². The maximum Gasteiger partial charge on any atom is 0.508 e. The lowest BCUT2D eigenvalue weighted by Crippen LogP contribution is -2.42. The number of aliphatic hydroxyl groups excluding tert-OH is 1. The van der Waals surface area contributed by atoms with Gasteiger partial charge in [-0.25, -0.2) is 19.7 Å². The number of imidazole rings is 1. The SMILES string of the molecule is CNC(=O)[C@H]1O[C@@H](n2cnc3c(NCc4cccc(I)c4)ncnc32)[C@H](OC(=O)OCCSSCCOC(C)=O)[C@@H]1O. The Hall–Kier alpha value is -2.87. The summed E-state index contributed by atoms with van der Waals surface area (Å²) in [4.78, 5) is 48.8. The van der Waals surface area contributed by atoms with Crippen molar-refractivity contribution in [2.45, 2.75) is 38.0 Å². The molecule has 226 valence electrons. The number of halogens is 1. The molecule has 17 heteroatoms. The molecule has 1 saturated heterocycles. The summed E-state index contributed by atoms with van der Waals surface area (Å²) in [6, 6.07) is 8.00. The molecule has 14 nitrogen and oxygen atoms in total. The van der Waals surface area contributed by atoms with Gasteiger partial charge in [-0.3, -0.25) is 14.2 Å². The molecular formula is C25H29IN6O8S2. The molecule has 3 aromatic rings. The number of anilines is 1. The molecule has 0 saturated carbocycles. The van der Waals surface area contributed by atoms with Gasteiger partial charge < -0.3 is 34.7 Å². The van der Waals surface area contributed by atoms with E-state index >= 15 is 0 Å². The molecule has 0 radical (unpaired) electrons. The summed E-state index contributed by atoms with van der Waals surface area (Å²) < 4.78 is 23.9. The van der Waals surface area contributed by atoms with Crippen molar-refractivity contribution >= 4 is 79.2 Å². The summed E-state index contributed by atoms with van der Waals surface area (Å²) in [5.41, 5.74) is 1.82. The summed E-state index contributed by atoms with van der Waals surface area (Å²) in [7, 11) is 4.31. The number of hydrogen-bond acceptors (Lipinski definition) is 14. The normalized spacial score (nSPS) is 19.8. The van der Waals surface area contributed by atoms with Crippen LogP contribution in [0.15, 0.2) is 36.9 Å². The first-order valence-electron chi connectivity index (χ1n) is 12.7.